The summed E-state index contributed by atoms with van der Waals surface area (Å²) in [6, 6.07) is 10.9. The number of nitrogens with zero attached hydrogens (tertiary/aromatic N) is 1. The number of hydrogen-bond acceptors (Lipinski definition) is 3. The molecule has 2 aromatic rings. The molecule has 138 valence electrons. The molecule has 1 heterocycles. The molecule has 26 heavy (non-hydrogen) atoms. The van der Waals surface area contributed by atoms with Crippen LogP contribution in [-0.4, -0.2) is 29.3 Å². The molecule has 1 aliphatic carbocycles. The van der Waals surface area contributed by atoms with Gasteiger partial charge in [-0.1, -0.05) is 25.1 Å². The van der Waals surface area contributed by atoms with Crippen molar-refractivity contribution < 1.29 is 9.59 Å². The van der Waals surface area contributed by atoms with Crippen molar-refractivity contribution in [1.82, 2.24) is 4.90 Å². The zero-order valence-corrected chi connectivity index (χ0v) is 16.3. The van der Waals surface area contributed by atoms with Crippen LogP contribution in [0, 0.1) is 0 Å². The first kappa shape index (κ1) is 18.6. The van der Waals surface area contributed by atoms with Gasteiger partial charge in [0.15, 0.2) is 0 Å². The van der Waals surface area contributed by atoms with E-state index < -0.39 is 6.04 Å². The van der Waals surface area contributed by atoms with Gasteiger partial charge in [0.1, 0.15) is 6.04 Å². The summed E-state index contributed by atoms with van der Waals surface area (Å²) < 4.78 is 0. The largest absolute Gasteiger partial charge is 0.326 e. The zero-order chi connectivity index (χ0) is 18.5. The Morgan fingerprint density at radius 1 is 1.19 bits per heavy atom. The zero-order valence-electron chi connectivity index (χ0n) is 15.5. The van der Waals surface area contributed by atoms with E-state index in [9.17, 15) is 9.59 Å². The van der Waals surface area contributed by atoms with E-state index in [1.807, 2.05) is 43.3 Å². The molecule has 1 aromatic heterocycles. The van der Waals surface area contributed by atoms with Crippen LogP contribution in [0.2, 0.25) is 0 Å². The van der Waals surface area contributed by atoms with Gasteiger partial charge >= 0.3 is 0 Å². The SMILES string of the molecule is CCCN(C(=O)c1cc2c(s1)CCCC2)C(C)C(=O)Nc1ccccc1. The molecule has 2 amide bonds. The quantitative estimate of drug-likeness (QED) is 0.813. The fourth-order valence-corrected chi connectivity index (χ4v) is 4.57. The van der Waals surface area contributed by atoms with Gasteiger partial charge < -0.3 is 10.2 Å². The number of thiophene rings is 1. The highest BCUT2D eigenvalue weighted by atomic mass is 32.1. The van der Waals surface area contributed by atoms with Crippen LogP contribution in [0.25, 0.3) is 0 Å². The molecule has 1 atom stereocenters. The summed E-state index contributed by atoms with van der Waals surface area (Å²) >= 11 is 1.61. The second kappa shape index (κ2) is 8.49. The van der Waals surface area contributed by atoms with Crippen molar-refractivity contribution >= 4 is 28.8 Å². The summed E-state index contributed by atoms with van der Waals surface area (Å²) in [5, 5.41) is 2.91. The molecule has 3 rings (SSSR count). The molecule has 0 saturated carbocycles. The molecule has 0 radical (unpaired) electrons. The Bertz CT molecular complexity index is 746. The number of nitrogens with one attached hydrogen (secondary N) is 1. The minimum Gasteiger partial charge on any atom is -0.326 e. The van der Waals surface area contributed by atoms with Crippen LogP contribution in [0.3, 0.4) is 0 Å². The van der Waals surface area contributed by atoms with Crippen LogP contribution in [0.5, 0.6) is 0 Å². The molecule has 0 bridgehead atoms. The third-order valence-electron chi connectivity index (χ3n) is 4.82. The smallest absolute Gasteiger partial charge is 0.264 e. The number of fused-ring (bicyclic) bond motifs is 1. The Labute approximate surface area is 159 Å². The minimum absolute atomic E-state index is 0.0260. The fraction of sp³-hybridized carbons (Fsp3) is 0.429. The van der Waals surface area contributed by atoms with Gasteiger partial charge in [0.25, 0.3) is 5.91 Å². The van der Waals surface area contributed by atoms with Gasteiger partial charge in [0.2, 0.25) is 5.91 Å². The average Bonchev–Trinajstić information content (AvgIpc) is 3.10. The maximum atomic E-state index is 13.1. The number of carbonyl (C=O) groups is 2. The second-order valence-electron chi connectivity index (χ2n) is 6.80. The third-order valence-corrected chi connectivity index (χ3v) is 6.05. The Morgan fingerprint density at radius 3 is 2.62 bits per heavy atom. The molecule has 1 unspecified atom stereocenters. The average molecular weight is 371 g/mol. The fourth-order valence-electron chi connectivity index (χ4n) is 3.36. The summed E-state index contributed by atoms with van der Waals surface area (Å²) in [6.07, 6.45) is 5.36. The number of rotatable bonds is 6. The number of aryl methyl sites for hydroxylation is 2. The third kappa shape index (κ3) is 4.15. The Kier molecular flexibility index (Phi) is 6.09. The van der Waals surface area contributed by atoms with E-state index in [1.54, 1.807) is 23.2 Å². The molecule has 5 heteroatoms. The Morgan fingerprint density at radius 2 is 1.92 bits per heavy atom. The summed E-state index contributed by atoms with van der Waals surface area (Å²) in [5.74, 6) is -0.179. The highest BCUT2D eigenvalue weighted by molar-refractivity contribution is 7.14. The van der Waals surface area contributed by atoms with Crippen molar-refractivity contribution in [1.29, 1.82) is 0 Å². The molecule has 1 N–H and O–H groups in total. The number of para-hydroxylation sites is 1. The van der Waals surface area contributed by atoms with Crippen LogP contribution in [0.1, 0.15) is 53.2 Å². The van der Waals surface area contributed by atoms with Crippen molar-refractivity contribution in [2.75, 3.05) is 11.9 Å². The van der Waals surface area contributed by atoms with Crippen LogP contribution >= 0.6 is 11.3 Å². The monoisotopic (exact) mass is 370 g/mol. The molecule has 1 aromatic carbocycles. The molecule has 0 aliphatic heterocycles. The van der Waals surface area contributed by atoms with Crippen LogP contribution in [0.4, 0.5) is 5.69 Å². The van der Waals surface area contributed by atoms with Gasteiger partial charge in [-0.2, -0.15) is 0 Å². The summed E-state index contributed by atoms with van der Waals surface area (Å²) in [4.78, 5) is 29.6. The first-order chi connectivity index (χ1) is 12.6. The maximum absolute atomic E-state index is 13.1. The number of hydrogen-bond donors (Lipinski definition) is 1. The molecule has 0 saturated heterocycles. The van der Waals surface area contributed by atoms with Gasteiger partial charge in [-0.25, -0.2) is 0 Å². The predicted molar refractivity (Wildman–Crippen MR) is 107 cm³/mol. The maximum Gasteiger partial charge on any atom is 0.264 e. The van der Waals surface area contributed by atoms with E-state index in [0.717, 1.165) is 29.8 Å². The second-order valence-corrected chi connectivity index (χ2v) is 7.93. The number of benzene rings is 1. The highest BCUT2D eigenvalue weighted by Gasteiger charge is 2.28. The molecule has 0 spiro atoms. The summed E-state index contributed by atoms with van der Waals surface area (Å²) in [7, 11) is 0. The van der Waals surface area contributed by atoms with Gasteiger partial charge in [0.05, 0.1) is 4.88 Å². The first-order valence-electron chi connectivity index (χ1n) is 9.38. The summed E-state index contributed by atoms with van der Waals surface area (Å²) in [6.45, 7) is 4.41. The number of anilines is 1. The molecular weight excluding hydrogens is 344 g/mol. The van der Waals surface area contributed by atoms with E-state index >= 15 is 0 Å². The van der Waals surface area contributed by atoms with Crippen LogP contribution in [-0.2, 0) is 17.6 Å². The van der Waals surface area contributed by atoms with Crippen molar-refractivity contribution in [2.45, 2.75) is 52.0 Å². The van der Waals surface area contributed by atoms with E-state index in [-0.39, 0.29) is 11.8 Å². The number of amides is 2. The summed E-state index contributed by atoms with van der Waals surface area (Å²) in [5.41, 5.74) is 2.07. The Balaban J connectivity index is 1.75. The first-order valence-corrected chi connectivity index (χ1v) is 10.2. The van der Waals surface area contributed by atoms with Gasteiger partial charge in [-0.15, -0.1) is 11.3 Å². The highest BCUT2D eigenvalue weighted by Crippen LogP contribution is 2.30. The van der Waals surface area contributed by atoms with E-state index in [2.05, 4.69) is 5.32 Å². The van der Waals surface area contributed by atoms with Crippen molar-refractivity contribution in [3.8, 4) is 0 Å². The van der Waals surface area contributed by atoms with Gasteiger partial charge in [0, 0.05) is 17.1 Å². The molecular formula is C21H26N2O2S. The molecule has 4 nitrogen and oxygen atoms in total. The lowest BCUT2D eigenvalue weighted by Crippen LogP contribution is -2.45. The van der Waals surface area contributed by atoms with Gasteiger partial charge in [-0.3, -0.25) is 9.59 Å². The lowest BCUT2D eigenvalue weighted by Gasteiger charge is -2.27. The predicted octanol–water partition coefficient (Wildman–Crippen LogP) is 4.51. The standard InChI is InChI=1S/C21H26N2O2S/c1-3-13-23(15(2)20(24)22-17-10-5-4-6-11-17)21(25)19-14-16-9-7-8-12-18(16)26-19/h4-6,10-11,14-15H,3,7-9,12-13H2,1-2H3,(H,22,24). The van der Waals surface area contributed by atoms with Gasteiger partial charge in [-0.05, 0) is 62.8 Å². The van der Waals surface area contributed by atoms with Crippen molar-refractivity contribution in [2.24, 2.45) is 0 Å². The lowest BCUT2D eigenvalue weighted by atomic mass is 9.99. The van der Waals surface area contributed by atoms with Crippen molar-refractivity contribution in [3.05, 3.63) is 51.7 Å². The molecule has 0 fully saturated rings. The minimum atomic E-state index is -0.512. The van der Waals surface area contributed by atoms with E-state index in [4.69, 9.17) is 0 Å². The van der Waals surface area contributed by atoms with E-state index in [0.29, 0.717) is 6.54 Å². The normalized spacial score (nSPS) is 14.4. The topological polar surface area (TPSA) is 49.4 Å². The van der Waals surface area contributed by atoms with Crippen LogP contribution in [0.15, 0.2) is 36.4 Å². The van der Waals surface area contributed by atoms with E-state index in [1.165, 1.54) is 23.3 Å². The molecule has 1 aliphatic rings. The lowest BCUT2D eigenvalue weighted by molar-refractivity contribution is -0.120. The Hall–Kier alpha value is -2.14. The van der Waals surface area contributed by atoms with Crippen LogP contribution < -0.4 is 5.32 Å². The van der Waals surface area contributed by atoms with Crippen molar-refractivity contribution in [3.63, 3.8) is 0 Å². The number of carbonyl (C=O) groups excluding carboxylic acids is 2.